The van der Waals surface area contributed by atoms with E-state index >= 15 is 0 Å². The lowest BCUT2D eigenvalue weighted by Crippen LogP contribution is -2.30. The Hall–Kier alpha value is -3.01. The number of carbonyl (C=O) groups is 3. The van der Waals surface area contributed by atoms with Crippen LogP contribution in [-0.4, -0.2) is 95.9 Å². The zero-order chi connectivity index (χ0) is 66.7. The molecule has 0 bridgehead atoms. The average molecular weight is 1330 g/mol. The summed E-state index contributed by atoms with van der Waals surface area (Å²) in [5.74, 6) is -1.57. The predicted molar refractivity (Wildman–Crippen MR) is 372 cm³/mol. The number of hydrogen-bond acceptors (Lipinski definition) is 14. The highest BCUT2D eigenvalue weighted by molar-refractivity contribution is 7.47. The molecular formula is C73H132O16P2. The van der Waals surface area contributed by atoms with Gasteiger partial charge in [0.15, 0.2) is 6.10 Å². The second-order valence-corrected chi connectivity index (χ2v) is 27.3. The Bertz CT molecular complexity index is 1950. The molecule has 0 aliphatic heterocycles. The molecule has 0 aromatic heterocycles. The third-order valence-corrected chi connectivity index (χ3v) is 17.3. The summed E-state index contributed by atoms with van der Waals surface area (Å²) in [7, 11) is -9.76. The van der Waals surface area contributed by atoms with Gasteiger partial charge in [-0.25, -0.2) is 9.13 Å². The number of ether oxygens (including phenoxy) is 3. The number of unbranched alkanes of at least 4 members (excludes halogenated alkanes) is 34. The number of aliphatic hydroxyl groups excluding tert-OH is 2. The number of carbonyl (C=O) groups excluding carboxylic acids is 3. The van der Waals surface area contributed by atoms with Gasteiger partial charge in [0.25, 0.3) is 0 Å². The number of rotatable bonds is 69. The van der Waals surface area contributed by atoms with Crippen molar-refractivity contribution in [1.82, 2.24) is 0 Å². The first kappa shape index (κ1) is 88.0. The lowest BCUT2D eigenvalue weighted by molar-refractivity contribution is -0.161. The highest BCUT2D eigenvalue weighted by atomic mass is 31.2. The van der Waals surface area contributed by atoms with Gasteiger partial charge in [0, 0.05) is 19.3 Å². The van der Waals surface area contributed by atoms with Gasteiger partial charge in [-0.15, -0.1) is 0 Å². The summed E-state index contributed by atoms with van der Waals surface area (Å²) >= 11 is 0. The maximum absolute atomic E-state index is 12.9. The summed E-state index contributed by atoms with van der Waals surface area (Å²) in [5.41, 5.74) is 0. The standard InChI is InChI=1S/C73H132O16P2/c1-4-7-10-13-16-19-22-25-27-28-29-30-31-32-33-34-35-36-37-38-40-43-44-47-50-53-56-59-71(76)83-62-68(74)63-85-90(79,80)86-64-69(75)65-87-91(81,82)88-67-70(89-73(78)61-58-55-52-49-46-41-24-21-18-15-12-9-6-3)66-84-72(77)60-57-54-51-48-45-42-39-26-23-20-17-14-11-8-5-2/h7,10,16,19,25-27,29-30,32-33,39,68-70,74-75H,4-6,8-9,11-15,17-18,20-24,28,31,34-38,40-67H2,1-3H3,(H,79,80)(H,81,82)/b10-7-,19-16-,27-25-,30-29-,33-32-,39-26-. The third kappa shape index (κ3) is 68.2. The van der Waals surface area contributed by atoms with Gasteiger partial charge in [-0.3, -0.25) is 32.5 Å². The summed E-state index contributed by atoms with van der Waals surface area (Å²) in [5, 5.41) is 20.6. The van der Waals surface area contributed by atoms with Crippen LogP contribution in [0.5, 0.6) is 0 Å². The maximum Gasteiger partial charge on any atom is 0.472 e. The van der Waals surface area contributed by atoms with E-state index in [0.29, 0.717) is 19.3 Å². The molecule has 0 amide bonds. The van der Waals surface area contributed by atoms with Crippen LogP contribution in [0, 0.1) is 0 Å². The topological polar surface area (TPSA) is 231 Å². The molecule has 0 rings (SSSR count). The molecule has 5 atom stereocenters. The van der Waals surface area contributed by atoms with Crippen molar-refractivity contribution in [3.8, 4) is 0 Å². The molecule has 0 aliphatic carbocycles. The molecule has 0 aromatic rings. The summed E-state index contributed by atoms with van der Waals surface area (Å²) < 4.78 is 60.9. The molecule has 91 heavy (non-hydrogen) atoms. The van der Waals surface area contributed by atoms with Crippen LogP contribution in [0.2, 0.25) is 0 Å². The van der Waals surface area contributed by atoms with Crippen molar-refractivity contribution in [2.45, 2.75) is 334 Å². The molecule has 0 heterocycles. The second kappa shape index (κ2) is 67.0. The number of esters is 3. The zero-order valence-electron chi connectivity index (χ0n) is 57.5. The van der Waals surface area contributed by atoms with E-state index in [1.165, 1.54) is 135 Å². The molecule has 0 fully saturated rings. The summed E-state index contributed by atoms with van der Waals surface area (Å²) in [6.07, 6.45) is 71.0. The van der Waals surface area contributed by atoms with E-state index in [4.69, 9.17) is 32.3 Å². The largest absolute Gasteiger partial charge is 0.472 e. The van der Waals surface area contributed by atoms with E-state index in [-0.39, 0.29) is 19.3 Å². The van der Waals surface area contributed by atoms with Gasteiger partial charge in [-0.1, -0.05) is 280 Å². The fourth-order valence-electron chi connectivity index (χ4n) is 9.89. The Morgan fingerprint density at radius 3 is 0.934 bits per heavy atom. The van der Waals surface area contributed by atoms with E-state index in [2.05, 4.69) is 93.7 Å². The number of phosphoric acid groups is 2. The van der Waals surface area contributed by atoms with Gasteiger partial charge in [0.1, 0.15) is 25.4 Å². The Balaban J connectivity index is 4.47. The number of hydrogen-bond donors (Lipinski definition) is 4. The van der Waals surface area contributed by atoms with Crippen LogP contribution >= 0.6 is 15.6 Å². The zero-order valence-corrected chi connectivity index (χ0v) is 59.3. The van der Waals surface area contributed by atoms with Gasteiger partial charge in [0.05, 0.1) is 26.4 Å². The van der Waals surface area contributed by atoms with Crippen molar-refractivity contribution >= 4 is 33.6 Å². The fourth-order valence-corrected chi connectivity index (χ4v) is 11.5. The third-order valence-electron chi connectivity index (χ3n) is 15.4. The van der Waals surface area contributed by atoms with Gasteiger partial charge in [0.2, 0.25) is 0 Å². The molecule has 4 N–H and O–H groups in total. The number of phosphoric ester groups is 2. The van der Waals surface area contributed by atoms with Crippen molar-refractivity contribution in [3.05, 3.63) is 72.9 Å². The SMILES string of the molecule is CC/C=C\C/C=C\C/C=C\C/C=C\C/C=C\CCCCCCCCCCCCCC(=O)OCC(O)COP(=O)(O)OCC(O)COP(=O)(O)OCC(COC(=O)CCCCCCC/C=C\CCCCCCCC)OC(=O)CCCCCCCCCCCCCCC. The molecule has 0 spiro atoms. The Labute approximate surface area is 553 Å². The molecular weight excluding hydrogens is 1190 g/mol. The van der Waals surface area contributed by atoms with E-state index in [1.807, 2.05) is 0 Å². The highest BCUT2D eigenvalue weighted by Gasteiger charge is 2.29. The van der Waals surface area contributed by atoms with Crippen molar-refractivity contribution in [2.24, 2.45) is 0 Å². The average Bonchev–Trinajstić information content (AvgIpc) is 3.70. The Morgan fingerprint density at radius 2 is 0.582 bits per heavy atom. The molecule has 0 aliphatic rings. The monoisotopic (exact) mass is 1330 g/mol. The van der Waals surface area contributed by atoms with Crippen molar-refractivity contribution in [2.75, 3.05) is 39.6 Å². The lowest BCUT2D eigenvalue weighted by Gasteiger charge is -2.21. The predicted octanol–water partition coefficient (Wildman–Crippen LogP) is 20.3. The molecule has 0 saturated heterocycles. The van der Waals surface area contributed by atoms with Gasteiger partial charge in [-0.05, 0) is 89.9 Å². The molecule has 530 valence electrons. The van der Waals surface area contributed by atoms with Crippen LogP contribution in [0.15, 0.2) is 72.9 Å². The minimum Gasteiger partial charge on any atom is -0.463 e. The molecule has 0 aromatic carbocycles. The van der Waals surface area contributed by atoms with Crippen molar-refractivity contribution < 1.29 is 75.8 Å². The normalized spacial score (nSPS) is 14.6. The fraction of sp³-hybridized carbons (Fsp3) is 0.795. The van der Waals surface area contributed by atoms with Crippen molar-refractivity contribution in [3.63, 3.8) is 0 Å². The van der Waals surface area contributed by atoms with Crippen LogP contribution in [-0.2, 0) is 55.8 Å². The van der Waals surface area contributed by atoms with E-state index < -0.39 is 91.5 Å². The maximum atomic E-state index is 12.9. The first-order chi connectivity index (χ1) is 44.2. The first-order valence-corrected chi connectivity index (χ1v) is 39.2. The Morgan fingerprint density at radius 1 is 0.319 bits per heavy atom. The minimum absolute atomic E-state index is 0.109. The molecule has 0 saturated carbocycles. The van der Waals surface area contributed by atoms with Gasteiger partial charge in [-0.2, -0.15) is 0 Å². The highest BCUT2D eigenvalue weighted by Crippen LogP contribution is 2.45. The summed E-state index contributed by atoms with van der Waals surface area (Å²) in [6.45, 7) is 2.58. The van der Waals surface area contributed by atoms with Crippen LogP contribution in [0.25, 0.3) is 0 Å². The molecule has 18 heteroatoms. The van der Waals surface area contributed by atoms with Crippen LogP contribution in [0.4, 0.5) is 0 Å². The summed E-state index contributed by atoms with van der Waals surface area (Å²) in [6, 6.07) is 0. The van der Waals surface area contributed by atoms with Crippen LogP contribution in [0.3, 0.4) is 0 Å². The number of aliphatic hydroxyl groups is 2. The molecule has 16 nitrogen and oxygen atoms in total. The minimum atomic E-state index is -4.92. The van der Waals surface area contributed by atoms with Crippen LogP contribution < -0.4 is 0 Å². The molecule has 5 unspecified atom stereocenters. The van der Waals surface area contributed by atoms with E-state index in [1.54, 1.807) is 0 Å². The van der Waals surface area contributed by atoms with Crippen molar-refractivity contribution in [1.29, 1.82) is 0 Å². The van der Waals surface area contributed by atoms with Gasteiger partial charge < -0.3 is 34.2 Å². The first-order valence-electron chi connectivity index (χ1n) is 36.2. The quantitative estimate of drug-likeness (QED) is 0.0146. The van der Waals surface area contributed by atoms with Crippen LogP contribution in [0.1, 0.15) is 316 Å². The Kier molecular flexibility index (Phi) is 64.8. The molecule has 0 radical (unpaired) electrons. The van der Waals surface area contributed by atoms with E-state index in [9.17, 15) is 43.5 Å². The second-order valence-electron chi connectivity index (χ2n) is 24.4. The number of allylic oxidation sites excluding steroid dienone is 12. The lowest BCUT2D eigenvalue weighted by atomic mass is 10.0. The summed E-state index contributed by atoms with van der Waals surface area (Å²) in [4.78, 5) is 58.4. The van der Waals surface area contributed by atoms with Gasteiger partial charge >= 0.3 is 33.6 Å². The smallest absolute Gasteiger partial charge is 0.463 e. The van der Waals surface area contributed by atoms with E-state index in [0.717, 1.165) is 122 Å².